The van der Waals surface area contributed by atoms with Crippen LogP contribution in [0.1, 0.15) is 27.2 Å². The van der Waals surface area contributed by atoms with Gasteiger partial charge in [0.15, 0.2) is 0 Å². The molecule has 1 atom stereocenters. The second-order valence-corrected chi connectivity index (χ2v) is 4.78. The SMILES string of the molecule is CCCSCC(CS)C(C)C. The average molecular weight is 192 g/mol. The molecular weight excluding hydrogens is 172 g/mol. The minimum atomic E-state index is 0.789. The summed E-state index contributed by atoms with van der Waals surface area (Å²) in [5.74, 6) is 5.21. The third-order valence-electron chi connectivity index (χ3n) is 1.86. The van der Waals surface area contributed by atoms with Gasteiger partial charge in [0.1, 0.15) is 0 Å². The molecule has 0 saturated carbocycles. The van der Waals surface area contributed by atoms with Crippen LogP contribution in [0.15, 0.2) is 0 Å². The fraction of sp³-hybridized carbons (Fsp3) is 1.00. The smallest absolute Gasteiger partial charge is 0.00289 e. The van der Waals surface area contributed by atoms with Gasteiger partial charge in [-0.05, 0) is 35.5 Å². The molecule has 0 heterocycles. The lowest BCUT2D eigenvalue weighted by atomic mass is 10.0. The van der Waals surface area contributed by atoms with Crippen LogP contribution in [0, 0.1) is 11.8 Å². The summed E-state index contributed by atoms with van der Waals surface area (Å²) < 4.78 is 0. The average Bonchev–Trinajstić information content (AvgIpc) is 1.97. The van der Waals surface area contributed by atoms with Gasteiger partial charge in [0.05, 0.1) is 0 Å². The molecule has 0 aliphatic rings. The van der Waals surface area contributed by atoms with Crippen molar-refractivity contribution in [2.45, 2.75) is 27.2 Å². The van der Waals surface area contributed by atoms with Gasteiger partial charge in [0, 0.05) is 0 Å². The lowest BCUT2D eigenvalue weighted by molar-refractivity contribution is 0.473. The van der Waals surface area contributed by atoms with Crippen LogP contribution in [0.4, 0.5) is 0 Å². The topological polar surface area (TPSA) is 0 Å². The second kappa shape index (κ2) is 7.35. The molecule has 11 heavy (non-hydrogen) atoms. The highest BCUT2D eigenvalue weighted by Gasteiger charge is 2.10. The van der Waals surface area contributed by atoms with E-state index in [0.717, 1.165) is 17.6 Å². The van der Waals surface area contributed by atoms with Crippen LogP contribution in [0.3, 0.4) is 0 Å². The van der Waals surface area contributed by atoms with E-state index in [1.54, 1.807) is 0 Å². The molecular formula is C9H20S2. The van der Waals surface area contributed by atoms with Gasteiger partial charge in [0.2, 0.25) is 0 Å². The van der Waals surface area contributed by atoms with E-state index in [0.29, 0.717) is 0 Å². The zero-order chi connectivity index (χ0) is 8.69. The van der Waals surface area contributed by atoms with Crippen molar-refractivity contribution in [2.75, 3.05) is 17.3 Å². The van der Waals surface area contributed by atoms with E-state index >= 15 is 0 Å². The highest BCUT2D eigenvalue weighted by Crippen LogP contribution is 2.18. The van der Waals surface area contributed by atoms with Crippen LogP contribution < -0.4 is 0 Å². The van der Waals surface area contributed by atoms with E-state index < -0.39 is 0 Å². The maximum atomic E-state index is 4.34. The molecule has 0 saturated heterocycles. The number of hydrogen-bond acceptors (Lipinski definition) is 2. The van der Waals surface area contributed by atoms with E-state index in [1.807, 2.05) is 0 Å². The largest absolute Gasteiger partial charge is 0.179 e. The van der Waals surface area contributed by atoms with Gasteiger partial charge >= 0.3 is 0 Å². The van der Waals surface area contributed by atoms with E-state index in [2.05, 4.69) is 45.2 Å². The summed E-state index contributed by atoms with van der Waals surface area (Å²) in [5, 5.41) is 0. The first-order valence-electron chi connectivity index (χ1n) is 4.41. The molecule has 0 aromatic heterocycles. The molecule has 0 nitrogen and oxygen atoms in total. The Kier molecular flexibility index (Phi) is 7.82. The number of thioether (sulfide) groups is 1. The standard InChI is InChI=1S/C9H20S2/c1-4-5-11-7-9(6-10)8(2)3/h8-10H,4-7H2,1-3H3. The molecule has 2 heteroatoms. The van der Waals surface area contributed by atoms with Gasteiger partial charge in [-0.15, -0.1) is 0 Å². The van der Waals surface area contributed by atoms with Crippen molar-refractivity contribution < 1.29 is 0 Å². The zero-order valence-corrected chi connectivity index (χ0v) is 9.55. The zero-order valence-electron chi connectivity index (χ0n) is 7.84. The van der Waals surface area contributed by atoms with Crippen LogP contribution in [-0.4, -0.2) is 17.3 Å². The molecule has 1 unspecified atom stereocenters. The molecule has 0 rings (SSSR count). The first kappa shape index (κ1) is 11.7. The van der Waals surface area contributed by atoms with Gasteiger partial charge in [-0.3, -0.25) is 0 Å². The Morgan fingerprint density at radius 2 is 2.00 bits per heavy atom. The second-order valence-electron chi connectivity index (χ2n) is 3.26. The van der Waals surface area contributed by atoms with Crippen molar-refractivity contribution in [3.05, 3.63) is 0 Å². The Balaban J connectivity index is 3.36. The molecule has 0 bridgehead atoms. The van der Waals surface area contributed by atoms with Gasteiger partial charge in [-0.2, -0.15) is 24.4 Å². The normalized spacial score (nSPS) is 13.9. The van der Waals surface area contributed by atoms with E-state index in [1.165, 1.54) is 17.9 Å². The predicted molar refractivity (Wildman–Crippen MR) is 59.8 cm³/mol. The fourth-order valence-corrected chi connectivity index (χ4v) is 2.82. The fourth-order valence-electron chi connectivity index (χ4n) is 0.835. The number of rotatable bonds is 6. The Labute approximate surface area is 80.9 Å². The van der Waals surface area contributed by atoms with E-state index in [9.17, 15) is 0 Å². The van der Waals surface area contributed by atoms with Crippen LogP contribution in [0.5, 0.6) is 0 Å². The molecule has 0 amide bonds. The van der Waals surface area contributed by atoms with Crippen molar-refractivity contribution in [3.8, 4) is 0 Å². The summed E-state index contributed by atoms with van der Waals surface area (Å²) in [6, 6.07) is 0. The summed E-state index contributed by atoms with van der Waals surface area (Å²) >= 11 is 6.41. The molecule has 0 radical (unpaired) electrons. The lowest BCUT2D eigenvalue weighted by Gasteiger charge is -2.17. The third kappa shape index (κ3) is 5.92. The van der Waals surface area contributed by atoms with Crippen LogP contribution in [0.2, 0.25) is 0 Å². The minimum Gasteiger partial charge on any atom is -0.179 e. The molecule has 0 aliphatic heterocycles. The molecule has 0 spiro atoms. The molecule has 68 valence electrons. The van der Waals surface area contributed by atoms with Gasteiger partial charge in [-0.25, -0.2) is 0 Å². The Morgan fingerprint density at radius 3 is 2.36 bits per heavy atom. The summed E-state index contributed by atoms with van der Waals surface area (Å²) in [5.41, 5.74) is 0. The van der Waals surface area contributed by atoms with Gasteiger partial charge in [0.25, 0.3) is 0 Å². The van der Waals surface area contributed by atoms with Crippen molar-refractivity contribution in [3.63, 3.8) is 0 Å². The van der Waals surface area contributed by atoms with E-state index in [4.69, 9.17) is 0 Å². The van der Waals surface area contributed by atoms with Crippen LogP contribution in [0.25, 0.3) is 0 Å². The highest BCUT2D eigenvalue weighted by atomic mass is 32.2. The molecule has 0 aliphatic carbocycles. The molecule has 0 aromatic rings. The van der Waals surface area contributed by atoms with Crippen molar-refractivity contribution in [1.29, 1.82) is 0 Å². The molecule has 0 fully saturated rings. The van der Waals surface area contributed by atoms with Crippen LogP contribution in [-0.2, 0) is 0 Å². The monoisotopic (exact) mass is 192 g/mol. The third-order valence-corrected chi connectivity index (χ3v) is 3.69. The van der Waals surface area contributed by atoms with Gasteiger partial charge < -0.3 is 0 Å². The minimum absolute atomic E-state index is 0.789. The lowest BCUT2D eigenvalue weighted by Crippen LogP contribution is -2.13. The van der Waals surface area contributed by atoms with Crippen LogP contribution >= 0.6 is 24.4 Å². The predicted octanol–water partition coefficient (Wildman–Crippen LogP) is 3.33. The summed E-state index contributed by atoms with van der Waals surface area (Å²) in [6.07, 6.45) is 1.29. The molecule has 0 aromatic carbocycles. The number of hydrogen-bond donors (Lipinski definition) is 1. The maximum absolute atomic E-state index is 4.34. The van der Waals surface area contributed by atoms with Crippen molar-refractivity contribution in [1.82, 2.24) is 0 Å². The Morgan fingerprint density at radius 1 is 1.36 bits per heavy atom. The summed E-state index contributed by atoms with van der Waals surface area (Å²) in [7, 11) is 0. The quantitative estimate of drug-likeness (QED) is 0.497. The van der Waals surface area contributed by atoms with E-state index in [-0.39, 0.29) is 0 Å². The summed E-state index contributed by atoms with van der Waals surface area (Å²) in [4.78, 5) is 0. The molecule has 0 N–H and O–H groups in total. The van der Waals surface area contributed by atoms with Gasteiger partial charge in [-0.1, -0.05) is 20.8 Å². The van der Waals surface area contributed by atoms with Crippen molar-refractivity contribution >= 4 is 24.4 Å². The first-order valence-corrected chi connectivity index (χ1v) is 6.19. The first-order chi connectivity index (χ1) is 5.22. The Bertz CT molecular complexity index is 81.6. The summed E-state index contributed by atoms with van der Waals surface area (Å²) in [6.45, 7) is 6.80. The number of thiol groups is 1. The maximum Gasteiger partial charge on any atom is -0.00289 e. The Hall–Kier alpha value is 0.700. The van der Waals surface area contributed by atoms with Crippen molar-refractivity contribution in [2.24, 2.45) is 11.8 Å². The highest BCUT2D eigenvalue weighted by molar-refractivity contribution is 7.99.